The van der Waals surface area contributed by atoms with Crippen molar-refractivity contribution in [2.45, 2.75) is 58.3 Å². The van der Waals surface area contributed by atoms with E-state index < -0.39 is 63.9 Å². The molecule has 8 atom stereocenters. The number of aliphatic hydroxyl groups is 3. The van der Waals surface area contributed by atoms with E-state index in [1.807, 2.05) is 6.92 Å². The van der Waals surface area contributed by atoms with Crippen LogP contribution < -0.4 is 15.2 Å². The number of carbonyl (C=O) groups excluding carboxylic acids is 3. The van der Waals surface area contributed by atoms with Gasteiger partial charge in [0.15, 0.2) is 17.2 Å². The van der Waals surface area contributed by atoms with Gasteiger partial charge in [0.1, 0.15) is 29.3 Å². The molecule has 3 aliphatic carbocycles. The lowest BCUT2D eigenvalue weighted by Gasteiger charge is -2.66. The zero-order valence-electron chi connectivity index (χ0n) is 24.7. The predicted molar refractivity (Wildman–Crippen MR) is 152 cm³/mol. The highest BCUT2D eigenvalue weighted by Gasteiger charge is 2.75. The van der Waals surface area contributed by atoms with E-state index in [-0.39, 0.29) is 30.1 Å². The van der Waals surface area contributed by atoms with Crippen LogP contribution in [-0.2, 0) is 16.0 Å². The minimum atomic E-state index is -2.55. The molecule has 0 aromatic heterocycles. The third-order valence-electron chi connectivity index (χ3n) is 10.4. The molecule has 226 valence electrons. The van der Waals surface area contributed by atoms with Crippen molar-refractivity contribution >= 4 is 17.5 Å². The number of Topliss-reactive ketones (excluding diaryl/α,β-unsaturated/α-hetero) is 2. The molecule has 42 heavy (non-hydrogen) atoms. The van der Waals surface area contributed by atoms with Crippen LogP contribution in [-0.4, -0.2) is 69.9 Å². The third-order valence-corrected chi connectivity index (χ3v) is 10.4. The van der Waals surface area contributed by atoms with Crippen LogP contribution in [0.3, 0.4) is 0 Å². The van der Waals surface area contributed by atoms with Crippen molar-refractivity contribution < 1.29 is 44.3 Å². The van der Waals surface area contributed by atoms with Gasteiger partial charge < -0.3 is 35.6 Å². The van der Waals surface area contributed by atoms with Gasteiger partial charge in [0.25, 0.3) is 0 Å². The lowest BCUT2D eigenvalue weighted by molar-refractivity contribution is -0.265. The number of hydrogen-bond acceptors (Lipinski definition) is 9. The van der Waals surface area contributed by atoms with Crippen LogP contribution in [0.25, 0.3) is 11.1 Å². The average Bonchev–Trinajstić information content (AvgIpc) is 2.90. The molecule has 2 fully saturated rings. The molecule has 0 radical (unpaired) electrons. The highest BCUT2D eigenvalue weighted by molar-refractivity contribution is 6.09. The number of hydrogen-bond donors (Lipinski definition) is 5. The zero-order valence-corrected chi connectivity index (χ0v) is 24.7. The monoisotopic (exact) mass is 581 g/mol. The number of amides is 1. The summed E-state index contributed by atoms with van der Waals surface area (Å²) < 4.78 is 11.0. The minimum absolute atomic E-state index is 0.0127. The highest BCUT2D eigenvalue weighted by atomic mass is 16.5. The first-order valence-electron chi connectivity index (χ1n) is 14.1. The summed E-state index contributed by atoms with van der Waals surface area (Å²) in [6, 6.07) is 8.35. The molecule has 2 unspecified atom stereocenters. The molecule has 10 nitrogen and oxygen atoms in total. The smallest absolute Gasteiger partial charge is 0.230 e. The van der Waals surface area contributed by atoms with Gasteiger partial charge in [-0.1, -0.05) is 33.8 Å². The molecule has 2 saturated carbocycles. The van der Waals surface area contributed by atoms with Gasteiger partial charge in [-0.3, -0.25) is 14.4 Å². The summed E-state index contributed by atoms with van der Waals surface area (Å²) in [4.78, 5) is 40.5. The molecular formula is C32H39NO9. The van der Waals surface area contributed by atoms with Gasteiger partial charge in [-0.2, -0.15) is 0 Å². The van der Waals surface area contributed by atoms with Crippen LogP contribution in [0.1, 0.15) is 50.0 Å². The standard InChI is InChI=1S/C32H39NO9/c1-14(2)23-26(36)22(29(33)39)27(37)32(40)28(38)24-25(35)21-18(12-30(24,3)13-31(23,32)4)16(8-9-19(21)34)17-11-15(41-5)7-10-20(17)42-6/h7-11,14,22-24,26,28,34,36,38,40H,12-13H2,1-6H3,(H2,33,39)/t22-,23+,24-,26?,28?,30-,31-,32+/m1/s1. The van der Waals surface area contributed by atoms with E-state index in [9.17, 15) is 34.8 Å². The Labute approximate surface area is 244 Å². The molecule has 0 bridgehead atoms. The Morgan fingerprint density at radius 1 is 1.05 bits per heavy atom. The summed E-state index contributed by atoms with van der Waals surface area (Å²) in [6.07, 6.45) is -3.16. The van der Waals surface area contributed by atoms with Crippen molar-refractivity contribution in [2.75, 3.05) is 14.2 Å². The molecule has 2 aromatic carbocycles. The van der Waals surface area contributed by atoms with Crippen LogP contribution in [0.4, 0.5) is 0 Å². The van der Waals surface area contributed by atoms with E-state index >= 15 is 0 Å². The fraction of sp³-hybridized carbons (Fsp3) is 0.531. The Kier molecular flexibility index (Phi) is 6.99. The average molecular weight is 582 g/mol. The maximum Gasteiger partial charge on any atom is 0.230 e. The fourth-order valence-electron chi connectivity index (χ4n) is 8.81. The number of fused-ring (bicyclic) bond motifs is 3. The van der Waals surface area contributed by atoms with Crippen LogP contribution in [0.15, 0.2) is 30.3 Å². The Morgan fingerprint density at radius 2 is 1.71 bits per heavy atom. The van der Waals surface area contributed by atoms with Crippen LogP contribution in [0.5, 0.6) is 17.2 Å². The molecule has 0 saturated heterocycles. The van der Waals surface area contributed by atoms with Crippen molar-refractivity contribution in [3.63, 3.8) is 0 Å². The number of rotatable bonds is 5. The lowest BCUT2D eigenvalue weighted by Crippen LogP contribution is -2.79. The number of phenolic OH excluding ortho intramolecular Hbond substituents is 1. The van der Waals surface area contributed by atoms with E-state index in [2.05, 4.69) is 0 Å². The quantitative estimate of drug-likeness (QED) is 0.332. The van der Waals surface area contributed by atoms with Crippen LogP contribution in [0.2, 0.25) is 0 Å². The third kappa shape index (κ3) is 3.77. The first-order chi connectivity index (χ1) is 19.6. The number of aliphatic hydroxyl groups excluding tert-OH is 2. The van der Waals surface area contributed by atoms with Gasteiger partial charge in [0, 0.05) is 11.0 Å². The molecule has 2 aromatic rings. The maximum atomic E-state index is 14.3. The Balaban J connectivity index is 1.75. The number of primary amides is 1. The number of nitrogens with two attached hydrogens (primary N) is 1. The Bertz CT molecular complexity index is 1490. The number of carbonyl (C=O) groups is 3. The number of ketones is 2. The van der Waals surface area contributed by atoms with Crippen molar-refractivity contribution in [1.29, 1.82) is 0 Å². The molecule has 3 aliphatic rings. The van der Waals surface area contributed by atoms with Crippen molar-refractivity contribution in [3.05, 3.63) is 41.5 Å². The van der Waals surface area contributed by atoms with Gasteiger partial charge in [0.05, 0.1) is 31.8 Å². The molecule has 0 spiro atoms. The molecule has 0 heterocycles. The summed E-state index contributed by atoms with van der Waals surface area (Å²) in [7, 11) is 3.06. The van der Waals surface area contributed by atoms with Crippen molar-refractivity contribution in [2.24, 2.45) is 40.2 Å². The topological polar surface area (TPSA) is 177 Å². The van der Waals surface area contributed by atoms with E-state index in [1.54, 1.807) is 45.0 Å². The number of methoxy groups -OCH3 is 2. The molecule has 10 heteroatoms. The fourth-order valence-corrected chi connectivity index (χ4v) is 8.81. The van der Waals surface area contributed by atoms with Crippen LogP contribution in [0, 0.1) is 34.5 Å². The number of ether oxygens (including phenoxy) is 2. The number of benzene rings is 2. The molecule has 6 N–H and O–H groups in total. The second kappa shape index (κ2) is 9.79. The molecule has 0 aliphatic heterocycles. The first kappa shape index (κ1) is 30.0. The summed E-state index contributed by atoms with van der Waals surface area (Å²) in [6.45, 7) is 7.06. The zero-order chi connectivity index (χ0) is 31.1. The summed E-state index contributed by atoms with van der Waals surface area (Å²) in [5.74, 6) is -6.23. The van der Waals surface area contributed by atoms with Gasteiger partial charge >= 0.3 is 0 Å². The number of aromatic hydroxyl groups is 1. The van der Waals surface area contributed by atoms with Crippen molar-refractivity contribution in [3.8, 4) is 28.4 Å². The summed E-state index contributed by atoms with van der Waals surface area (Å²) in [5, 5.41) is 46.5. The maximum absolute atomic E-state index is 14.3. The first-order valence-corrected chi connectivity index (χ1v) is 14.1. The second-order valence-corrected chi connectivity index (χ2v) is 13.0. The Hall–Kier alpha value is -3.47. The van der Waals surface area contributed by atoms with Gasteiger partial charge in [-0.05, 0) is 65.5 Å². The van der Waals surface area contributed by atoms with Gasteiger partial charge in [-0.25, -0.2) is 0 Å². The summed E-state index contributed by atoms with van der Waals surface area (Å²) in [5.41, 5.74) is 2.30. The highest BCUT2D eigenvalue weighted by Crippen LogP contribution is 2.66. The SMILES string of the molecule is COc1ccc(OC)c(-c2ccc(O)c3c2C[C@]2(C)C[C@]4(C)[C@@H](C(C)C)C(O)[C@@H](C(N)=O)C(=O)[C@]4(O)C(O)[C@H]2C3=O)c1. The number of phenols is 1. The lowest BCUT2D eigenvalue weighted by atomic mass is 9.39. The van der Waals surface area contributed by atoms with E-state index in [0.717, 1.165) is 0 Å². The Morgan fingerprint density at radius 3 is 2.29 bits per heavy atom. The van der Waals surface area contributed by atoms with Gasteiger partial charge in [0.2, 0.25) is 5.91 Å². The van der Waals surface area contributed by atoms with Crippen molar-refractivity contribution in [1.82, 2.24) is 0 Å². The molecule has 5 rings (SSSR count). The van der Waals surface area contributed by atoms with E-state index in [0.29, 0.717) is 28.2 Å². The van der Waals surface area contributed by atoms with E-state index in [1.165, 1.54) is 20.3 Å². The second-order valence-electron chi connectivity index (χ2n) is 13.0. The van der Waals surface area contributed by atoms with Crippen LogP contribution >= 0.6 is 0 Å². The van der Waals surface area contributed by atoms with Gasteiger partial charge in [-0.15, -0.1) is 0 Å². The molecular weight excluding hydrogens is 542 g/mol. The van der Waals surface area contributed by atoms with E-state index in [4.69, 9.17) is 15.2 Å². The normalized spacial score (nSPS) is 35.7. The predicted octanol–water partition coefficient (Wildman–Crippen LogP) is 2.26. The summed E-state index contributed by atoms with van der Waals surface area (Å²) >= 11 is 0. The molecule has 1 amide bonds. The largest absolute Gasteiger partial charge is 0.507 e. The minimum Gasteiger partial charge on any atom is -0.507 e.